The van der Waals surface area contributed by atoms with E-state index in [0.29, 0.717) is 33.4 Å². The number of hydrogen-bond acceptors (Lipinski definition) is 6. The van der Waals surface area contributed by atoms with Gasteiger partial charge in [0, 0.05) is 29.2 Å². The first-order valence-electron chi connectivity index (χ1n) is 10.4. The van der Waals surface area contributed by atoms with Crippen molar-refractivity contribution in [2.75, 3.05) is 25.5 Å². The summed E-state index contributed by atoms with van der Waals surface area (Å²) < 4.78 is 21.5. The summed E-state index contributed by atoms with van der Waals surface area (Å²) in [5.74, 6) is -0.243. The molecule has 0 aliphatic carbocycles. The lowest BCUT2D eigenvalue weighted by Gasteiger charge is -2.34. The monoisotopic (exact) mass is 483 g/mol. The van der Waals surface area contributed by atoms with Gasteiger partial charge in [-0.2, -0.15) is 10.2 Å². The number of alkyl halides is 1. The minimum absolute atomic E-state index is 0.0698. The Hall–Kier alpha value is -3.99. The second kappa shape index (κ2) is 8.75. The summed E-state index contributed by atoms with van der Waals surface area (Å²) in [6, 6.07) is 6.72. The number of anilines is 1. The van der Waals surface area contributed by atoms with E-state index in [-0.39, 0.29) is 31.1 Å². The Morgan fingerprint density at radius 2 is 2.15 bits per heavy atom. The Bertz CT molecular complexity index is 1400. The van der Waals surface area contributed by atoms with Crippen molar-refractivity contribution >= 4 is 34.7 Å². The van der Waals surface area contributed by atoms with E-state index in [0.717, 1.165) is 0 Å². The third-order valence-electron chi connectivity index (χ3n) is 5.44. The molecule has 34 heavy (non-hydrogen) atoms. The second-order valence-corrected chi connectivity index (χ2v) is 8.17. The van der Waals surface area contributed by atoms with Gasteiger partial charge < -0.3 is 15.0 Å². The number of nitrogens with zero attached hydrogens (tertiary/aromatic N) is 6. The highest BCUT2D eigenvalue weighted by Crippen LogP contribution is 2.36. The van der Waals surface area contributed by atoms with Gasteiger partial charge in [-0.15, -0.1) is 0 Å². The maximum absolute atomic E-state index is 13.2. The van der Waals surface area contributed by atoms with Crippen LogP contribution in [0.25, 0.3) is 16.9 Å². The van der Waals surface area contributed by atoms with Crippen molar-refractivity contribution in [1.29, 1.82) is 0 Å². The Balaban J connectivity index is 1.50. The first kappa shape index (κ1) is 21.8. The van der Waals surface area contributed by atoms with Crippen molar-refractivity contribution in [2.24, 2.45) is 0 Å². The van der Waals surface area contributed by atoms with Crippen molar-refractivity contribution in [1.82, 2.24) is 29.3 Å². The van der Waals surface area contributed by atoms with Crippen LogP contribution in [0.5, 0.6) is 5.75 Å². The zero-order valence-corrected chi connectivity index (χ0v) is 18.7. The van der Waals surface area contributed by atoms with Crippen LogP contribution in [0.1, 0.15) is 10.4 Å². The van der Waals surface area contributed by atoms with Crippen LogP contribution in [0.4, 0.5) is 10.1 Å². The Labute approximate surface area is 197 Å². The number of hydrogen-bond donors (Lipinski definition) is 1. The molecule has 1 saturated heterocycles. The van der Waals surface area contributed by atoms with Gasteiger partial charge in [0.2, 0.25) is 5.91 Å². The number of aromatic nitrogens is 5. The van der Waals surface area contributed by atoms with Crippen LogP contribution >= 0.6 is 11.6 Å². The Morgan fingerprint density at radius 3 is 2.91 bits per heavy atom. The first-order valence-corrected chi connectivity index (χ1v) is 10.7. The predicted octanol–water partition coefficient (Wildman–Crippen LogP) is 2.69. The maximum Gasteiger partial charge on any atom is 0.261 e. The largest absolute Gasteiger partial charge is 0.496 e. The molecule has 0 saturated carbocycles. The van der Waals surface area contributed by atoms with Gasteiger partial charge in [-0.05, 0) is 24.3 Å². The van der Waals surface area contributed by atoms with Gasteiger partial charge in [0.1, 0.15) is 29.7 Å². The van der Waals surface area contributed by atoms with Gasteiger partial charge in [0.15, 0.2) is 5.65 Å². The van der Waals surface area contributed by atoms with Crippen LogP contribution in [0.2, 0.25) is 5.02 Å². The third kappa shape index (κ3) is 4.05. The minimum atomic E-state index is -0.998. The number of ether oxygens (including phenoxy) is 1. The van der Waals surface area contributed by atoms with E-state index in [9.17, 15) is 14.0 Å². The molecule has 1 fully saturated rings. The number of rotatable bonds is 6. The molecule has 1 aromatic carbocycles. The van der Waals surface area contributed by atoms with Crippen molar-refractivity contribution < 1.29 is 18.7 Å². The van der Waals surface area contributed by atoms with Crippen LogP contribution in [-0.2, 0) is 11.3 Å². The molecule has 0 radical (unpaired) electrons. The summed E-state index contributed by atoms with van der Waals surface area (Å²) in [5, 5.41) is 11.9. The summed E-state index contributed by atoms with van der Waals surface area (Å²) >= 11 is 6.21. The molecule has 0 atom stereocenters. The average Bonchev–Trinajstić information content (AvgIpc) is 3.40. The molecule has 5 rings (SSSR count). The minimum Gasteiger partial charge on any atom is -0.496 e. The molecule has 0 unspecified atom stereocenters. The quantitative estimate of drug-likeness (QED) is 0.452. The lowest BCUT2D eigenvalue weighted by molar-refractivity contribution is -0.139. The zero-order chi connectivity index (χ0) is 23.8. The van der Waals surface area contributed by atoms with Crippen LogP contribution in [-0.4, -0.2) is 67.5 Å². The molecule has 12 heteroatoms. The number of likely N-dealkylation sites (tertiary alicyclic amines) is 1. The van der Waals surface area contributed by atoms with Crippen molar-refractivity contribution in [3.8, 4) is 17.0 Å². The van der Waals surface area contributed by atoms with Gasteiger partial charge in [0.25, 0.3) is 5.91 Å². The number of amides is 2. The summed E-state index contributed by atoms with van der Waals surface area (Å²) in [4.78, 5) is 31.2. The van der Waals surface area contributed by atoms with Gasteiger partial charge in [-0.25, -0.2) is 13.9 Å². The van der Waals surface area contributed by atoms with Gasteiger partial charge >= 0.3 is 0 Å². The van der Waals surface area contributed by atoms with Gasteiger partial charge in [-0.3, -0.25) is 14.3 Å². The number of benzene rings is 1. The average molecular weight is 484 g/mol. The van der Waals surface area contributed by atoms with Crippen LogP contribution < -0.4 is 10.1 Å². The fourth-order valence-corrected chi connectivity index (χ4v) is 3.87. The Morgan fingerprint density at radius 1 is 1.32 bits per heavy atom. The van der Waals surface area contributed by atoms with Crippen LogP contribution in [0.15, 0.2) is 49.1 Å². The van der Waals surface area contributed by atoms with Crippen molar-refractivity contribution in [3.05, 3.63) is 59.6 Å². The highest BCUT2D eigenvalue weighted by atomic mass is 35.5. The first-order chi connectivity index (χ1) is 16.4. The SMILES string of the molecule is COc1ccc(Cl)cc1-c1nn(CC(=O)N2CC(F)C2)cc1NC(=O)c1cnn2cccnc12. The molecule has 1 aliphatic rings. The fraction of sp³-hybridized carbons (Fsp3) is 0.227. The number of fused-ring (bicyclic) bond motifs is 1. The molecule has 0 spiro atoms. The molecule has 4 aromatic rings. The molecular weight excluding hydrogens is 465 g/mol. The van der Waals surface area contributed by atoms with Crippen LogP contribution in [0.3, 0.4) is 0 Å². The number of carbonyl (C=O) groups excluding carboxylic acids is 2. The molecule has 3 aromatic heterocycles. The van der Waals surface area contributed by atoms with E-state index in [2.05, 4.69) is 20.5 Å². The fourth-order valence-electron chi connectivity index (χ4n) is 3.70. The summed E-state index contributed by atoms with van der Waals surface area (Å²) in [5.41, 5.74) is 1.88. The highest BCUT2D eigenvalue weighted by molar-refractivity contribution is 6.31. The summed E-state index contributed by atoms with van der Waals surface area (Å²) in [6.45, 7) is 0.0253. The van der Waals surface area contributed by atoms with E-state index in [4.69, 9.17) is 16.3 Å². The predicted molar refractivity (Wildman–Crippen MR) is 122 cm³/mol. The highest BCUT2D eigenvalue weighted by Gasteiger charge is 2.31. The molecule has 1 N–H and O–H groups in total. The van der Waals surface area contributed by atoms with E-state index in [1.54, 1.807) is 36.7 Å². The molecule has 2 amide bonds. The normalized spacial score (nSPS) is 13.7. The van der Waals surface area contributed by atoms with E-state index in [1.807, 2.05) is 0 Å². The van der Waals surface area contributed by atoms with E-state index < -0.39 is 12.1 Å². The lowest BCUT2D eigenvalue weighted by Crippen LogP contribution is -2.52. The van der Waals surface area contributed by atoms with Crippen molar-refractivity contribution in [3.63, 3.8) is 0 Å². The van der Waals surface area contributed by atoms with Crippen molar-refractivity contribution in [2.45, 2.75) is 12.7 Å². The molecule has 10 nitrogen and oxygen atoms in total. The van der Waals surface area contributed by atoms with Gasteiger partial charge in [-0.1, -0.05) is 11.6 Å². The standard InChI is InChI=1S/C22H19ClFN7O3/c1-34-18-4-3-13(23)7-15(18)20-17(11-30(28-20)12-19(32)29-9-14(24)10-29)27-22(33)16-8-26-31-6-2-5-25-21(16)31/h2-8,11,14H,9-10,12H2,1H3,(H,27,33). The second-order valence-electron chi connectivity index (χ2n) is 7.73. The third-order valence-corrected chi connectivity index (χ3v) is 5.67. The molecule has 1 aliphatic heterocycles. The molecule has 0 bridgehead atoms. The zero-order valence-electron chi connectivity index (χ0n) is 18.0. The number of halogens is 2. The van der Waals surface area contributed by atoms with E-state index >= 15 is 0 Å². The maximum atomic E-state index is 13.2. The molecular formula is C22H19ClFN7O3. The van der Waals surface area contributed by atoms with E-state index in [1.165, 1.54) is 33.6 Å². The summed E-state index contributed by atoms with van der Waals surface area (Å²) in [7, 11) is 1.51. The van der Waals surface area contributed by atoms with Gasteiger partial charge in [0.05, 0.1) is 32.1 Å². The lowest BCUT2D eigenvalue weighted by atomic mass is 10.1. The summed E-state index contributed by atoms with van der Waals surface area (Å²) in [6.07, 6.45) is 5.21. The number of methoxy groups -OCH3 is 1. The topological polar surface area (TPSA) is 107 Å². The molecule has 4 heterocycles. The van der Waals surface area contributed by atoms with Crippen LogP contribution in [0, 0.1) is 0 Å². The molecule has 174 valence electrons. The number of carbonyl (C=O) groups is 2. The number of nitrogens with one attached hydrogen (secondary N) is 1. The Kier molecular flexibility index (Phi) is 5.62. The smallest absolute Gasteiger partial charge is 0.261 e.